The molecule has 0 bridgehead atoms. The summed E-state index contributed by atoms with van der Waals surface area (Å²) in [6.07, 6.45) is 4.54. The van der Waals surface area contributed by atoms with E-state index in [0.29, 0.717) is 9.90 Å². The second-order valence-corrected chi connectivity index (χ2v) is 9.99. The van der Waals surface area contributed by atoms with E-state index >= 15 is 0 Å². The first-order chi connectivity index (χ1) is 12.5. The molecule has 1 atom stereocenters. The van der Waals surface area contributed by atoms with Gasteiger partial charge < -0.3 is 4.90 Å². The van der Waals surface area contributed by atoms with Crippen LogP contribution in [0.15, 0.2) is 34.5 Å². The van der Waals surface area contributed by atoms with Gasteiger partial charge in [-0.15, -0.1) is 11.3 Å². The summed E-state index contributed by atoms with van der Waals surface area (Å²) in [5.41, 5.74) is 1.58. The van der Waals surface area contributed by atoms with Crippen LogP contribution in [-0.2, 0) is 10.0 Å². The summed E-state index contributed by atoms with van der Waals surface area (Å²) in [5, 5.41) is 0.771. The monoisotopic (exact) mass is 393 g/mol. The van der Waals surface area contributed by atoms with Gasteiger partial charge in [-0.1, -0.05) is 36.8 Å². The van der Waals surface area contributed by atoms with Crippen LogP contribution < -0.4 is 4.72 Å². The Labute approximate surface area is 160 Å². The van der Waals surface area contributed by atoms with Gasteiger partial charge in [0, 0.05) is 6.04 Å². The van der Waals surface area contributed by atoms with Crippen LogP contribution in [0.2, 0.25) is 0 Å². The fraction of sp³-hybridized carbons (Fsp3) is 0.526. The van der Waals surface area contributed by atoms with Crippen molar-refractivity contribution in [1.82, 2.24) is 14.6 Å². The molecule has 1 saturated heterocycles. The molecule has 0 unspecified atom stereocenters. The Morgan fingerprint density at radius 2 is 1.85 bits per heavy atom. The van der Waals surface area contributed by atoms with Crippen molar-refractivity contribution in [2.75, 3.05) is 19.6 Å². The molecule has 0 aliphatic carbocycles. The van der Waals surface area contributed by atoms with Gasteiger partial charge in [0.2, 0.25) is 0 Å². The predicted molar refractivity (Wildman–Crippen MR) is 106 cm³/mol. The van der Waals surface area contributed by atoms with E-state index < -0.39 is 10.0 Å². The van der Waals surface area contributed by atoms with Gasteiger partial charge in [-0.2, -0.15) is 0 Å². The zero-order chi connectivity index (χ0) is 18.6. The standard InChI is InChI=1S/C19H27N3O2S2/c1-15-19(25-16(2)20-15)26(23,24)21-18(17-9-5-3-6-10-17)11-14-22-12-7-4-8-13-22/h3,5-6,9-10,18,21H,4,7-8,11-14H2,1-2H3/t18-/m0/s1. The van der Waals surface area contributed by atoms with Gasteiger partial charge in [-0.05, 0) is 58.3 Å². The van der Waals surface area contributed by atoms with Crippen molar-refractivity contribution in [3.63, 3.8) is 0 Å². The minimum atomic E-state index is -3.58. The van der Waals surface area contributed by atoms with Crippen molar-refractivity contribution in [2.24, 2.45) is 0 Å². The number of piperidine rings is 1. The zero-order valence-electron chi connectivity index (χ0n) is 15.4. The molecule has 1 aliphatic heterocycles. The molecule has 1 aromatic heterocycles. The summed E-state index contributed by atoms with van der Waals surface area (Å²) >= 11 is 1.23. The number of thiazole rings is 1. The van der Waals surface area contributed by atoms with Gasteiger partial charge in [0.15, 0.2) is 4.21 Å². The van der Waals surface area contributed by atoms with Crippen LogP contribution in [0.3, 0.4) is 0 Å². The molecule has 1 fully saturated rings. The van der Waals surface area contributed by atoms with Gasteiger partial charge in [-0.3, -0.25) is 0 Å². The van der Waals surface area contributed by atoms with Gasteiger partial charge in [-0.25, -0.2) is 18.1 Å². The summed E-state index contributed by atoms with van der Waals surface area (Å²) in [4.78, 5) is 6.71. The number of aryl methyl sites for hydroxylation is 2. The van der Waals surface area contributed by atoms with Gasteiger partial charge in [0.25, 0.3) is 10.0 Å². The van der Waals surface area contributed by atoms with Crippen molar-refractivity contribution in [3.8, 4) is 0 Å². The third kappa shape index (κ3) is 4.91. The highest BCUT2D eigenvalue weighted by molar-refractivity contribution is 7.91. The topological polar surface area (TPSA) is 62.3 Å². The number of rotatable bonds is 7. The van der Waals surface area contributed by atoms with Crippen molar-refractivity contribution < 1.29 is 8.42 Å². The molecule has 0 radical (unpaired) electrons. The summed E-state index contributed by atoms with van der Waals surface area (Å²) in [6, 6.07) is 9.63. The average molecular weight is 394 g/mol. The van der Waals surface area contributed by atoms with E-state index in [9.17, 15) is 8.42 Å². The Morgan fingerprint density at radius 1 is 1.15 bits per heavy atom. The van der Waals surface area contributed by atoms with Crippen molar-refractivity contribution in [2.45, 2.75) is 49.8 Å². The van der Waals surface area contributed by atoms with E-state index in [1.165, 1.54) is 30.6 Å². The second kappa shape index (κ2) is 8.61. The maximum atomic E-state index is 12.9. The largest absolute Gasteiger partial charge is 0.303 e. The first-order valence-electron chi connectivity index (χ1n) is 9.19. The molecule has 1 aromatic carbocycles. The Bertz CT molecular complexity index is 813. The van der Waals surface area contributed by atoms with E-state index in [1.807, 2.05) is 37.3 Å². The predicted octanol–water partition coefficient (Wildman–Crippen LogP) is 3.66. The molecule has 2 heterocycles. The lowest BCUT2D eigenvalue weighted by molar-refractivity contribution is 0.219. The van der Waals surface area contributed by atoms with E-state index in [0.717, 1.165) is 36.6 Å². The molecule has 3 rings (SSSR count). The number of benzene rings is 1. The molecule has 5 nitrogen and oxygen atoms in total. The molecular weight excluding hydrogens is 366 g/mol. The quantitative estimate of drug-likeness (QED) is 0.780. The molecule has 142 valence electrons. The third-order valence-electron chi connectivity index (χ3n) is 4.79. The van der Waals surface area contributed by atoms with Gasteiger partial charge in [0.1, 0.15) is 0 Å². The number of nitrogens with zero attached hydrogens (tertiary/aromatic N) is 2. The fourth-order valence-corrected chi connectivity index (χ4v) is 6.24. The molecule has 26 heavy (non-hydrogen) atoms. The third-order valence-corrected chi connectivity index (χ3v) is 7.94. The number of hydrogen-bond acceptors (Lipinski definition) is 5. The van der Waals surface area contributed by atoms with Crippen molar-refractivity contribution in [3.05, 3.63) is 46.6 Å². The molecule has 0 saturated carbocycles. The van der Waals surface area contributed by atoms with E-state index in [4.69, 9.17) is 0 Å². The SMILES string of the molecule is Cc1nc(C)c(S(=O)(=O)N[C@@H](CCN2CCCCC2)c2ccccc2)s1. The Kier molecular flexibility index (Phi) is 6.45. The van der Waals surface area contributed by atoms with Crippen LogP contribution in [-0.4, -0.2) is 37.9 Å². The Balaban J connectivity index is 1.77. The van der Waals surface area contributed by atoms with Crippen LogP contribution in [0.5, 0.6) is 0 Å². The van der Waals surface area contributed by atoms with Crippen LogP contribution in [0.25, 0.3) is 0 Å². The molecule has 0 amide bonds. The minimum absolute atomic E-state index is 0.232. The first-order valence-corrected chi connectivity index (χ1v) is 11.5. The van der Waals surface area contributed by atoms with E-state index in [1.54, 1.807) is 6.92 Å². The van der Waals surface area contributed by atoms with Crippen LogP contribution in [0.1, 0.15) is 48.0 Å². The number of likely N-dealkylation sites (tertiary alicyclic amines) is 1. The maximum Gasteiger partial charge on any atom is 0.252 e. The average Bonchev–Trinajstić information content (AvgIpc) is 2.99. The molecule has 1 N–H and O–H groups in total. The number of hydrogen-bond donors (Lipinski definition) is 1. The molecular formula is C19H27N3O2S2. The summed E-state index contributed by atoms with van der Waals surface area (Å²) in [6.45, 7) is 6.72. The molecule has 2 aromatic rings. The van der Waals surface area contributed by atoms with Crippen LogP contribution in [0.4, 0.5) is 0 Å². The smallest absolute Gasteiger partial charge is 0.252 e. The highest BCUT2D eigenvalue weighted by Gasteiger charge is 2.26. The van der Waals surface area contributed by atoms with E-state index in [2.05, 4.69) is 14.6 Å². The zero-order valence-corrected chi connectivity index (χ0v) is 17.1. The maximum absolute atomic E-state index is 12.9. The highest BCUT2D eigenvalue weighted by Crippen LogP contribution is 2.26. The van der Waals surface area contributed by atoms with E-state index in [-0.39, 0.29) is 6.04 Å². The Morgan fingerprint density at radius 3 is 2.46 bits per heavy atom. The molecule has 0 spiro atoms. The number of nitrogens with one attached hydrogen (secondary N) is 1. The number of sulfonamides is 1. The first kappa shape index (κ1) is 19.5. The lowest BCUT2D eigenvalue weighted by Crippen LogP contribution is -2.35. The van der Waals surface area contributed by atoms with Crippen LogP contribution in [0, 0.1) is 13.8 Å². The van der Waals surface area contributed by atoms with Crippen molar-refractivity contribution >= 4 is 21.4 Å². The molecule has 1 aliphatic rings. The lowest BCUT2D eigenvalue weighted by Gasteiger charge is -2.28. The fourth-order valence-electron chi connectivity index (χ4n) is 3.48. The summed E-state index contributed by atoms with van der Waals surface area (Å²) in [7, 11) is -3.58. The second-order valence-electron chi connectivity index (χ2n) is 6.88. The van der Waals surface area contributed by atoms with Gasteiger partial charge in [0.05, 0.1) is 10.7 Å². The normalized spacial score (nSPS) is 17.3. The van der Waals surface area contributed by atoms with Gasteiger partial charge >= 0.3 is 0 Å². The highest BCUT2D eigenvalue weighted by atomic mass is 32.2. The molecule has 7 heteroatoms. The summed E-state index contributed by atoms with van der Waals surface area (Å²) < 4.78 is 29.2. The van der Waals surface area contributed by atoms with Crippen molar-refractivity contribution in [1.29, 1.82) is 0 Å². The summed E-state index contributed by atoms with van der Waals surface area (Å²) in [5.74, 6) is 0. The van der Waals surface area contributed by atoms with Crippen LogP contribution >= 0.6 is 11.3 Å². The minimum Gasteiger partial charge on any atom is -0.303 e. The lowest BCUT2D eigenvalue weighted by atomic mass is 10.0. The Hall–Kier alpha value is -1.28. The number of aromatic nitrogens is 1.